The molecule has 3 aromatic carbocycles. The number of benzene rings is 3. The zero-order chi connectivity index (χ0) is 21.1. The van der Waals surface area contributed by atoms with E-state index in [1.165, 1.54) is 11.8 Å². The van der Waals surface area contributed by atoms with Gasteiger partial charge in [-0.25, -0.2) is 0 Å². The molecular weight excluding hydrogens is 418 g/mol. The lowest BCUT2D eigenvalue weighted by Crippen LogP contribution is -2.13. The van der Waals surface area contributed by atoms with Crippen LogP contribution in [0.2, 0.25) is 5.02 Å². The van der Waals surface area contributed by atoms with Gasteiger partial charge in [0.25, 0.3) is 5.91 Å². The first kappa shape index (κ1) is 20.1. The Morgan fingerprint density at radius 1 is 1.00 bits per heavy atom. The van der Waals surface area contributed by atoms with Gasteiger partial charge in [-0.15, -0.1) is 5.10 Å². The van der Waals surface area contributed by atoms with Crippen molar-refractivity contribution in [3.63, 3.8) is 0 Å². The van der Waals surface area contributed by atoms with Gasteiger partial charge in [0.1, 0.15) is 0 Å². The lowest BCUT2D eigenvalue weighted by Gasteiger charge is -2.13. The summed E-state index contributed by atoms with van der Waals surface area (Å²) in [5, 5.41) is 16.3. The molecule has 1 heterocycles. The number of anilines is 1. The van der Waals surface area contributed by atoms with E-state index in [1.807, 2.05) is 56.3 Å². The highest BCUT2D eigenvalue weighted by Crippen LogP contribution is 2.33. The highest BCUT2D eigenvalue weighted by atomic mass is 35.5. The molecule has 0 fully saturated rings. The van der Waals surface area contributed by atoms with E-state index >= 15 is 0 Å². The third-order valence-electron chi connectivity index (χ3n) is 4.52. The molecule has 1 aromatic heterocycles. The molecule has 0 bridgehead atoms. The van der Waals surface area contributed by atoms with Crippen LogP contribution in [0.5, 0.6) is 0 Å². The van der Waals surface area contributed by atoms with E-state index in [9.17, 15) is 4.79 Å². The van der Waals surface area contributed by atoms with E-state index in [1.54, 1.807) is 28.9 Å². The fraction of sp³-hybridized carbons (Fsp3) is 0.0909. The number of amides is 1. The minimum atomic E-state index is -0.191. The number of carbonyl (C=O) groups excluding carboxylic acids is 1. The Labute approximate surface area is 183 Å². The molecule has 4 aromatic rings. The summed E-state index contributed by atoms with van der Waals surface area (Å²) in [6.07, 6.45) is 0. The summed E-state index contributed by atoms with van der Waals surface area (Å²) >= 11 is 7.36. The Balaban J connectivity index is 1.61. The second-order valence-corrected chi connectivity index (χ2v) is 8.15. The molecule has 150 valence electrons. The van der Waals surface area contributed by atoms with Crippen LogP contribution in [-0.2, 0) is 0 Å². The molecule has 6 nitrogen and oxygen atoms in total. The minimum absolute atomic E-state index is 0.191. The molecule has 4 rings (SSSR count). The van der Waals surface area contributed by atoms with Crippen molar-refractivity contribution in [3.05, 3.63) is 88.4 Å². The molecule has 1 amide bonds. The number of tetrazole rings is 1. The number of rotatable bonds is 5. The van der Waals surface area contributed by atoms with Crippen LogP contribution in [0.3, 0.4) is 0 Å². The molecular formula is C22H18ClN5OS. The van der Waals surface area contributed by atoms with Gasteiger partial charge in [0.2, 0.25) is 5.16 Å². The van der Waals surface area contributed by atoms with E-state index in [4.69, 9.17) is 11.6 Å². The molecule has 0 atom stereocenters. The van der Waals surface area contributed by atoms with Crippen molar-refractivity contribution < 1.29 is 4.79 Å². The Morgan fingerprint density at radius 2 is 1.73 bits per heavy atom. The molecule has 0 aliphatic carbocycles. The van der Waals surface area contributed by atoms with Crippen molar-refractivity contribution >= 4 is 35.0 Å². The van der Waals surface area contributed by atoms with Crippen molar-refractivity contribution in [1.82, 2.24) is 20.2 Å². The summed E-state index contributed by atoms with van der Waals surface area (Å²) in [4.78, 5) is 13.6. The number of para-hydroxylation sites is 1. The predicted octanol–water partition coefficient (Wildman–Crippen LogP) is 5.34. The highest BCUT2D eigenvalue weighted by Gasteiger charge is 2.15. The van der Waals surface area contributed by atoms with Gasteiger partial charge in [-0.1, -0.05) is 35.9 Å². The normalized spacial score (nSPS) is 10.8. The maximum Gasteiger partial charge on any atom is 0.255 e. The fourth-order valence-corrected chi connectivity index (χ4v) is 3.97. The average Bonchev–Trinajstić information content (AvgIpc) is 3.21. The summed E-state index contributed by atoms with van der Waals surface area (Å²) in [7, 11) is 0. The van der Waals surface area contributed by atoms with E-state index in [0.717, 1.165) is 27.4 Å². The molecule has 1 N–H and O–H groups in total. The largest absolute Gasteiger partial charge is 0.322 e. The summed E-state index contributed by atoms with van der Waals surface area (Å²) < 4.78 is 1.69. The zero-order valence-corrected chi connectivity index (χ0v) is 17.9. The van der Waals surface area contributed by atoms with E-state index in [-0.39, 0.29) is 5.91 Å². The van der Waals surface area contributed by atoms with Gasteiger partial charge in [-0.2, -0.15) is 4.68 Å². The number of aryl methyl sites for hydroxylation is 2. The van der Waals surface area contributed by atoms with Gasteiger partial charge >= 0.3 is 0 Å². The van der Waals surface area contributed by atoms with Crippen molar-refractivity contribution in [2.75, 3.05) is 5.32 Å². The molecule has 8 heteroatoms. The molecule has 0 saturated heterocycles. The third-order valence-corrected chi connectivity index (χ3v) is 5.87. The highest BCUT2D eigenvalue weighted by molar-refractivity contribution is 7.99. The first-order chi connectivity index (χ1) is 14.5. The number of hydrogen-bond acceptors (Lipinski definition) is 5. The van der Waals surface area contributed by atoms with Crippen LogP contribution in [-0.4, -0.2) is 26.1 Å². The van der Waals surface area contributed by atoms with Gasteiger partial charge in [0, 0.05) is 21.2 Å². The summed E-state index contributed by atoms with van der Waals surface area (Å²) in [5.74, 6) is -0.191. The monoisotopic (exact) mass is 435 g/mol. The second-order valence-electron chi connectivity index (χ2n) is 6.70. The van der Waals surface area contributed by atoms with Gasteiger partial charge in [0.15, 0.2) is 0 Å². The van der Waals surface area contributed by atoms with Crippen molar-refractivity contribution in [3.8, 4) is 5.69 Å². The summed E-state index contributed by atoms with van der Waals surface area (Å²) in [6, 6.07) is 20.5. The first-order valence-corrected chi connectivity index (χ1v) is 10.4. The van der Waals surface area contributed by atoms with Gasteiger partial charge < -0.3 is 5.32 Å². The van der Waals surface area contributed by atoms with Crippen LogP contribution in [0.25, 0.3) is 5.69 Å². The van der Waals surface area contributed by atoms with Gasteiger partial charge in [0.05, 0.1) is 5.69 Å². The third kappa shape index (κ3) is 4.37. The fourth-order valence-electron chi connectivity index (χ4n) is 2.94. The van der Waals surface area contributed by atoms with E-state index in [2.05, 4.69) is 20.8 Å². The van der Waals surface area contributed by atoms with Crippen LogP contribution < -0.4 is 5.32 Å². The number of halogens is 1. The molecule has 0 aliphatic rings. The van der Waals surface area contributed by atoms with Crippen LogP contribution in [0.1, 0.15) is 21.5 Å². The number of nitrogens with one attached hydrogen (secondary N) is 1. The van der Waals surface area contributed by atoms with E-state index < -0.39 is 0 Å². The molecule has 0 unspecified atom stereocenters. The number of aromatic nitrogens is 4. The van der Waals surface area contributed by atoms with Crippen LogP contribution >= 0.6 is 23.4 Å². The van der Waals surface area contributed by atoms with Crippen molar-refractivity contribution in [2.45, 2.75) is 23.9 Å². The van der Waals surface area contributed by atoms with Gasteiger partial charge in [-0.05, 0) is 89.6 Å². The number of carbonyl (C=O) groups is 1. The Kier molecular flexibility index (Phi) is 5.83. The lowest BCUT2D eigenvalue weighted by molar-refractivity contribution is 0.102. The van der Waals surface area contributed by atoms with Gasteiger partial charge in [-0.3, -0.25) is 4.79 Å². The Hall–Kier alpha value is -3.16. The zero-order valence-electron chi connectivity index (χ0n) is 16.3. The molecule has 30 heavy (non-hydrogen) atoms. The van der Waals surface area contributed by atoms with Crippen molar-refractivity contribution in [2.24, 2.45) is 0 Å². The molecule has 0 radical (unpaired) electrons. The summed E-state index contributed by atoms with van der Waals surface area (Å²) in [5.41, 5.74) is 4.21. The summed E-state index contributed by atoms with van der Waals surface area (Å²) in [6.45, 7) is 3.99. The Morgan fingerprint density at radius 3 is 2.47 bits per heavy atom. The quantitative estimate of drug-likeness (QED) is 0.458. The lowest BCUT2D eigenvalue weighted by atomic mass is 10.1. The molecule has 0 aliphatic heterocycles. The molecule has 0 spiro atoms. The first-order valence-electron chi connectivity index (χ1n) is 9.21. The average molecular weight is 436 g/mol. The van der Waals surface area contributed by atoms with Crippen LogP contribution in [0.4, 0.5) is 5.69 Å². The second kappa shape index (κ2) is 8.69. The Bertz CT molecular complexity index is 1190. The minimum Gasteiger partial charge on any atom is -0.322 e. The number of hydrogen-bond donors (Lipinski definition) is 1. The van der Waals surface area contributed by atoms with E-state index in [0.29, 0.717) is 15.7 Å². The number of nitrogens with zero attached hydrogens (tertiary/aromatic N) is 4. The van der Waals surface area contributed by atoms with Crippen molar-refractivity contribution in [1.29, 1.82) is 0 Å². The molecule has 0 saturated carbocycles. The SMILES string of the molecule is Cc1cc(C)c(Sc2nnnn2-c2ccccc2)cc1NC(=O)c1ccc(Cl)cc1. The van der Waals surface area contributed by atoms with Crippen LogP contribution in [0.15, 0.2) is 76.8 Å². The maximum atomic E-state index is 12.6. The maximum absolute atomic E-state index is 12.6. The van der Waals surface area contributed by atoms with Crippen LogP contribution in [0, 0.1) is 13.8 Å². The smallest absolute Gasteiger partial charge is 0.255 e. The topological polar surface area (TPSA) is 72.7 Å². The predicted molar refractivity (Wildman–Crippen MR) is 119 cm³/mol. The standard InChI is InChI=1S/C22H18ClN5OS/c1-14-12-15(2)20(13-19(14)24-21(29)16-8-10-17(23)11-9-16)30-22-25-26-27-28(22)18-6-4-3-5-7-18/h3-13H,1-2H3,(H,24,29).